The Morgan fingerprint density at radius 2 is 1.96 bits per heavy atom. The molecule has 128 valence electrons. The number of amides is 1. The summed E-state index contributed by atoms with van der Waals surface area (Å²) in [5.41, 5.74) is 9.50. The van der Waals surface area contributed by atoms with Crippen LogP contribution in [-0.4, -0.2) is 15.8 Å². The van der Waals surface area contributed by atoms with Crippen molar-refractivity contribution >= 4 is 44.5 Å². The van der Waals surface area contributed by atoms with Crippen LogP contribution in [0.5, 0.6) is 0 Å². The van der Waals surface area contributed by atoms with Gasteiger partial charge in [0.15, 0.2) is 0 Å². The highest BCUT2D eigenvalue weighted by atomic mass is 32.1. The molecule has 2 heterocycles. The van der Waals surface area contributed by atoms with Crippen LogP contribution in [0.25, 0.3) is 10.2 Å². The summed E-state index contributed by atoms with van der Waals surface area (Å²) in [6.07, 6.45) is 0. The first-order valence-corrected chi connectivity index (χ1v) is 8.32. The fraction of sp³-hybridized carbons (Fsp3) is 0.176. The predicted octanol–water partition coefficient (Wildman–Crippen LogP) is 3.96. The van der Waals surface area contributed by atoms with E-state index in [-0.39, 0.29) is 11.6 Å². The number of nitrogens with two attached hydrogens (primary N) is 1. The number of rotatable bonds is 3. The fourth-order valence-corrected chi connectivity index (χ4v) is 3.83. The maximum atomic E-state index is 12.6. The zero-order chi connectivity index (χ0) is 18.3. The normalized spacial score (nSPS) is 10.8. The molecular formula is C17H16N4O3S. The van der Waals surface area contributed by atoms with E-state index in [4.69, 9.17) is 5.73 Å². The number of fused-ring (bicyclic) bond motifs is 1. The molecule has 0 bridgehead atoms. The van der Waals surface area contributed by atoms with E-state index < -0.39 is 4.92 Å². The van der Waals surface area contributed by atoms with Crippen LogP contribution in [0.1, 0.15) is 26.5 Å². The zero-order valence-corrected chi connectivity index (χ0v) is 14.7. The lowest BCUT2D eigenvalue weighted by Gasteiger charge is -2.07. The summed E-state index contributed by atoms with van der Waals surface area (Å²) in [7, 11) is 0. The van der Waals surface area contributed by atoms with Gasteiger partial charge in [0, 0.05) is 28.9 Å². The molecule has 0 unspecified atom stereocenters. The molecule has 0 saturated carbocycles. The van der Waals surface area contributed by atoms with Crippen molar-refractivity contribution in [1.82, 2.24) is 4.98 Å². The minimum absolute atomic E-state index is 0.0211. The predicted molar refractivity (Wildman–Crippen MR) is 99.3 cm³/mol. The van der Waals surface area contributed by atoms with Crippen molar-refractivity contribution in [1.29, 1.82) is 0 Å². The van der Waals surface area contributed by atoms with Gasteiger partial charge in [0.2, 0.25) is 0 Å². The van der Waals surface area contributed by atoms with Crippen LogP contribution >= 0.6 is 11.3 Å². The first kappa shape index (κ1) is 16.8. The van der Waals surface area contributed by atoms with Gasteiger partial charge in [-0.25, -0.2) is 4.98 Å². The SMILES string of the molecule is Cc1cc(C)c2c(N)c(C(=O)Nc3ccc([N+](=O)[O-])cc3C)sc2n1. The molecule has 0 aliphatic carbocycles. The Labute approximate surface area is 147 Å². The standard InChI is InChI=1S/C17H16N4O3S/c1-8-7-11(21(23)24)4-5-12(8)20-16(22)15-14(18)13-9(2)6-10(3)19-17(13)25-15/h4-7H,18H2,1-3H3,(H,20,22). The number of nitro benzene ring substituents is 1. The van der Waals surface area contributed by atoms with Crippen LogP contribution < -0.4 is 11.1 Å². The second-order valence-corrected chi connectivity index (χ2v) is 6.82. The number of benzene rings is 1. The first-order valence-electron chi connectivity index (χ1n) is 7.50. The van der Waals surface area contributed by atoms with E-state index in [9.17, 15) is 14.9 Å². The number of carbonyl (C=O) groups is 1. The number of hydrogen-bond acceptors (Lipinski definition) is 6. The topological polar surface area (TPSA) is 111 Å². The van der Waals surface area contributed by atoms with Gasteiger partial charge in [-0.05, 0) is 44.0 Å². The Bertz CT molecular complexity index is 1030. The molecular weight excluding hydrogens is 340 g/mol. The van der Waals surface area contributed by atoms with Crippen molar-refractivity contribution in [2.75, 3.05) is 11.1 Å². The molecule has 25 heavy (non-hydrogen) atoms. The lowest BCUT2D eigenvalue weighted by molar-refractivity contribution is -0.384. The summed E-state index contributed by atoms with van der Waals surface area (Å²) in [4.78, 5) is 28.5. The average molecular weight is 356 g/mol. The molecule has 0 aliphatic rings. The van der Waals surface area contributed by atoms with Crippen LogP contribution in [0.15, 0.2) is 24.3 Å². The molecule has 3 rings (SSSR count). The van der Waals surface area contributed by atoms with Crippen LogP contribution in [0.3, 0.4) is 0 Å². The summed E-state index contributed by atoms with van der Waals surface area (Å²) in [5, 5.41) is 14.4. The molecule has 1 amide bonds. The summed E-state index contributed by atoms with van der Waals surface area (Å²) in [6, 6.07) is 6.21. The fourth-order valence-electron chi connectivity index (χ4n) is 2.72. The summed E-state index contributed by atoms with van der Waals surface area (Å²) in [6.45, 7) is 5.52. The summed E-state index contributed by atoms with van der Waals surface area (Å²) < 4.78 is 0. The molecule has 3 N–H and O–H groups in total. The quantitative estimate of drug-likeness (QED) is 0.545. The highest BCUT2D eigenvalue weighted by molar-refractivity contribution is 7.21. The average Bonchev–Trinajstić information content (AvgIpc) is 2.86. The van der Waals surface area contributed by atoms with Gasteiger partial charge in [-0.1, -0.05) is 0 Å². The van der Waals surface area contributed by atoms with Gasteiger partial charge >= 0.3 is 0 Å². The molecule has 3 aromatic rings. The van der Waals surface area contributed by atoms with Gasteiger partial charge in [0.1, 0.15) is 9.71 Å². The van der Waals surface area contributed by atoms with Gasteiger partial charge in [0.05, 0.1) is 10.6 Å². The second-order valence-electron chi connectivity index (χ2n) is 5.82. The van der Waals surface area contributed by atoms with Crippen molar-refractivity contribution in [2.45, 2.75) is 20.8 Å². The number of nitrogens with zero attached hydrogens (tertiary/aromatic N) is 2. The summed E-state index contributed by atoms with van der Waals surface area (Å²) >= 11 is 1.24. The largest absolute Gasteiger partial charge is 0.397 e. The monoisotopic (exact) mass is 356 g/mol. The number of non-ortho nitro benzene ring substituents is 1. The Morgan fingerprint density at radius 1 is 1.24 bits per heavy atom. The van der Waals surface area contributed by atoms with E-state index >= 15 is 0 Å². The van der Waals surface area contributed by atoms with E-state index in [1.165, 1.54) is 29.5 Å². The molecule has 0 spiro atoms. The molecule has 0 aliphatic heterocycles. The lowest BCUT2D eigenvalue weighted by Crippen LogP contribution is -2.13. The maximum absolute atomic E-state index is 12.6. The molecule has 8 heteroatoms. The van der Waals surface area contributed by atoms with Gasteiger partial charge in [-0.15, -0.1) is 11.3 Å². The number of aromatic nitrogens is 1. The van der Waals surface area contributed by atoms with E-state index in [1.54, 1.807) is 6.92 Å². The molecule has 0 atom stereocenters. The number of anilines is 2. The number of aryl methyl sites for hydroxylation is 3. The molecule has 0 fully saturated rings. The van der Waals surface area contributed by atoms with Crippen molar-refractivity contribution < 1.29 is 9.72 Å². The Morgan fingerprint density at radius 3 is 2.60 bits per heavy atom. The van der Waals surface area contributed by atoms with Crippen LogP contribution in [0.4, 0.5) is 17.1 Å². The van der Waals surface area contributed by atoms with Crippen molar-refractivity contribution in [3.8, 4) is 0 Å². The second kappa shape index (κ2) is 6.14. The van der Waals surface area contributed by atoms with Crippen molar-refractivity contribution in [2.24, 2.45) is 0 Å². The number of thiophene rings is 1. The third-order valence-corrected chi connectivity index (χ3v) is 5.00. The third kappa shape index (κ3) is 3.03. The maximum Gasteiger partial charge on any atom is 0.269 e. The number of nitrogen functional groups attached to an aromatic ring is 1. The van der Waals surface area contributed by atoms with E-state index in [0.29, 0.717) is 21.8 Å². The number of nitrogens with one attached hydrogen (secondary N) is 1. The smallest absolute Gasteiger partial charge is 0.269 e. The highest BCUT2D eigenvalue weighted by Crippen LogP contribution is 2.35. The molecule has 2 aromatic heterocycles. The van der Waals surface area contributed by atoms with E-state index in [1.807, 2.05) is 19.9 Å². The molecule has 7 nitrogen and oxygen atoms in total. The first-order chi connectivity index (χ1) is 11.8. The Hall–Kier alpha value is -3.00. The number of carbonyl (C=O) groups excluding carboxylic acids is 1. The third-order valence-electron chi connectivity index (χ3n) is 3.90. The van der Waals surface area contributed by atoms with E-state index in [0.717, 1.165) is 21.5 Å². The van der Waals surface area contributed by atoms with Crippen molar-refractivity contribution in [3.63, 3.8) is 0 Å². The lowest BCUT2D eigenvalue weighted by atomic mass is 10.1. The van der Waals surface area contributed by atoms with Gasteiger partial charge < -0.3 is 11.1 Å². The van der Waals surface area contributed by atoms with Crippen molar-refractivity contribution in [3.05, 3.63) is 56.1 Å². The van der Waals surface area contributed by atoms with Gasteiger partial charge in [-0.3, -0.25) is 14.9 Å². The van der Waals surface area contributed by atoms with Crippen LogP contribution in [0.2, 0.25) is 0 Å². The highest BCUT2D eigenvalue weighted by Gasteiger charge is 2.20. The van der Waals surface area contributed by atoms with Crippen LogP contribution in [-0.2, 0) is 0 Å². The number of hydrogen-bond donors (Lipinski definition) is 2. The van der Waals surface area contributed by atoms with Gasteiger partial charge in [-0.2, -0.15) is 0 Å². The minimum Gasteiger partial charge on any atom is -0.397 e. The zero-order valence-electron chi connectivity index (χ0n) is 13.9. The van der Waals surface area contributed by atoms with Crippen LogP contribution in [0, 0.1) is 30.9 Å². The minimum atomic E-state index is -0.473. The summed E-state index contributed by atoms with van der Waals surface area (Å²) in [5.74, 6) is -0.352. The molecule has 0 radical (unpaired) electrons. The molecule has 0 saturated heterocycles. The number of pyridine rings is 1. The number of nitro groups is 1. The van der Waals surface area contributed by atoms with Gasteiger partial charge in [0.25, 0.3) is 11.6 Å². The Balaban J connectivity index is 1.97. The Kier molecular flexibility index (Phi) is 4.13. The molecule has 1 aromatic carbocycles. The van der Waals surface area contributed by atoms with E-state index in [2.05, 4.69) is 10.3 Å².